The standard InChI is InChI=1S/C22H35N5O9S.C16H36N/c1-21(2,3)22(11-14(10-13-4-5-13)8-9-26(22)20(31)32)18(29)24-23-17(28)16-7-6-15-12-25(16)19(30)27(15)36-37(33,34)35;1-5-9-13-17(14-10-6-2,15-11-7-3)16-12-8-4/h13-16H,4-12H2,1-3H3,(H,23,28)(H,24,29)(H,31,32)(H,33,34,35);5-16H2,1-4H3/q;+1/p-1/t14-,15+,16-,22+;/m0./s1. The van der Waals surface area contributed by atoms with Gasteiger partial charge < -0.3 is 24.2 Å². The van der Waals surface area contributed by atoms with Crippen molar-refractivity contribution in [3.8, 4) is 0 Å². The second-order valence-electron chi connectivity index (χ2n) is 17.2. The van der Waals surface area contributed by atoms with Crippen LogP contribution in [0.1, 0.15) is 145 Å². The Morgan fingerprint density at radius 1 is 0.870 bits per heavy atom. The van der Waals surface area contributed by atoms with E-state index in [1.165, 1.54) is 82.0 Å². The number of rotatable bonds is 18. The second-order valence-corrected chi connectivity index (χ2v) is 18.2. The van der Waals surface area contributed by atoms with Gasteiger partial charge in [0.2, 0.25) is 0 Å². The number of hydrazine groups is 1. The largest absolute Gasteiger partial charge is 0.530 e. The van der Waals surface area contributed by atoms with Crippen LogP contribution in [-0.4, -0.2) is 113 Å². The van der Waals surface area contributed by atoms with Crippen molar-refractivity contribution in [3.05, 3.63) is 0 Å². The van der Waals surface area contributed by atoms with Crippen LogP contribution in [0.25, 0.3) is 0 Å². The first-order chi connectivity index (χ1) is 25.4. The third-order valence-corrected chi connectivity index (χ3v) is 12.4. The van der Waals surface area contributed by atoms with Crippen molar-refractivity contribution in [1.29, 1.82) is 0 Å². The van der Waals surface area contributed by atoms with E-state index in [1.54, 1.807) is 20.8 Å². The number of amides is 5. The zero-order chi connectivity index (χ0) is 40.3. The van der Waals surface area contributed by atoms with Gasteiger partial charge in [0, 0.05) is 13.1 Å². The van der Waals surface area contributed by atoms with E-state index in [4.69, 9.17) is 4.55 Å². The molecule has 54 heavy (non-hydrogen) atoms. The number of carbonyl (C=O) groups excluding carboxylic acids is 4. The summed E-state index contributed by atoms with van der Waals surface area (Å²) in [6.45, 7) is 20.5. The van der Waals surface area contributed by atoms with Crippen molar-refractivity contribution in [2.75, 3.05) is 39.3 Å². The topological polar surface area (TPSA) is 189 Å². The van der Waals surface area contributed by atoms with Crippen molar-refractivity contribution < 1.29 is 46.0 Å². The van der Waals surface area contributed by atoms with Gasteiger partial charge in [0.1, 0.15) is 17.7 Å². The number of hydrogen-bond donors (Lipinski definition) is 3. The predicted molar refractivity (Wildman–Crippen MR) is 203 cm³/mol. The molecule has 5 amide bonds. The highest BCUT2D eigenvalue weighted by Gasteiger charge is 2.57. The molecule has 0 aromatic heterocycles. The lowest BCUT2D eigenvalue weighted by molar-refractivity contribution is -0.929. The molecular formula is C38H70N6O9S. The van der Waals surface area contributed by atoms with Gasteiger partial charge in [-0.3, -0.25) is 25.0 Å². The van der Waals surface area contributed by atoms with Gasteiger partial charge in [-0.25, -0.2) is 4.79 Å². The number of fused-ring (bicyclic) bond motifs is 2. The van der Waals surface area contributed by atoms with Crippen LogP contribution in [0.2, 0.25) is 0 Å². The third-order valence-electron chi connectivity index (χ3n) is 12.0. The second kappa shape index (κ2) is 19.9. The van der Waals surface area contributed by atoms with E-state index in [1.807, 2.05) is 0 Å². The summed E-state index contributed by atoms with van der Waals surface area (Å²) in [6, 6.07) is -2.61. The molecule has 4 fully saturated rings. The maximum atomic E-state index is 13.7. The number of nitrogens with one attached hydrogen (secondary N) is 2. The third kappa shape index (κ3) is 11.9. The molecule has 0 spiro atoms. The van der Waals surface area contributed by atoms with E-state index >= 15 is 0 Å². The highest BCUT2D eigenvalue weighted by atomic mass is 32.3. The maximum Gasteiger partial charge on any atom is 0.418 e. The van der Waals surface area contributed by atoms with Crippen LogP contribution < -0.4 is 16.0 Å². The van der Waals surface area contributed by atoms with Crippen LogP contribution in [0.4, 0.5) is 9.59 Å². The lowest BCUT2D eigenvalue weighted by Gasteiger charge is -2.56. The molecule has 1 aliphatic carbocycles. The highest BCUT2D eigenvalue weighted by molar-refractivity contribution is 7.80. The molecule has 4 aliphatic rings. The molecule has 3 aliphatic heterocycles. The van der Waals surface area contributed by atoms with E-state index in [9.17, 15) is 32.7 Å². The first-order valence-corrected chi connectivity index (χ1v) is 22.0. The number of unbranched alkanes of at least 4 members (excludes halogenated alkanes) is 4. The fraction of sp³-hybridized carbons (Fsp3) is 0.895. The number of urea groups is 1. The Hall–Kier alpha value is -2.69. The molecule has 3 saturated heterocycles. The lowest BCUT2D eigenvalue weighted by atomic mass is 9.64. The first-order valence-electron chi connectivity index (χ1n) is 20.6. The fourth-order valence-electron chi connectivity index (χ4n) is 8.73. The monoisotopic (exact) mass is 786 g/mol. The Kier molecular flexibility index (Phi) is 16.9. The molecule has 0 aromatic carbocycles. The molecule has 312 valence electrons. The zero-order valence-corrected chi connectivity index (χ0v) is 34.9. The molecule has 1 saturated carbocycles. The minimum atomic E-state index is -4.93. The summed E-state index contributed by atoms with van der Waals surface area (Å²) in [5.74, 6) is -0.661. The molecule has 3 heterocycles. The summed E-state index contributed by atoms with van der Waals surface area (Å²) in [5, 5.41) is 12.6. The van der Waals surface area contributed by atoms with Gasteiger partial charge in [0.25, 0.3) is 11.8 Å². The van der Waals surface area contributed by atoms with Crippen molar-refractivity contribution in [1.82, 2.24) is 25.7 Å². The number of quaternary nitrogens is 1. The number of piperidine rings is 2. The molecule has 0 aromatic rings. The molecule has 3 N–H and O–H groups in total. The summed E-state index contributed by atoms with van der Waals surface area (Å²) in [5.41, 5.74) is 2.42. The molecule has 4 rings (SSSR count). The average Bonchev–Trinajstić information content (AvgIpc) is 3.91. The Morgan fingerprint density at radius 2 is 1.41 bits per heavy atom. The first kappa shape index (κ1) is 45.7. The zero-order valence-electron chi connectivity index (χ0n) is 34.1. The van der Waals surface area contributed by atoms with Crippen LogP contribution in [0.5, 0.6) is 0 Å². The quantitative estimate of drug-likeness (QED) is 0.0998. The van der Waals surface area contributed by atoms with Gasteiger partial charge in [0.05, 0.1) is 32.2 Å². The number of carbonyl (C=O) groups is 4. The Morgan fingerprint density at radius 3 is 1.85 bits per heavy atom. The Bertz CT molecular complexity index is 1330. The summed E-state index contributed by atoms with van der Waals surface area (Å²) < 4.78 is 36.9. The smallest absolute Gasteiger partial charge is 0.418 e. The number of hydrogen-bond acceptors (Lipinski definition) is 8. The Labute approximate surface area is 324 Å². The summed E-state index contributed by atoms with van der Waals surface area (Å²) in [4.78, 5) is 53.6. The molecule has 0 unspecified atom stereocenters. The highest BCUT2D eigenvalue weighted by Crippen LogP contribution is 2.48. The Balaban J connectivity index is 0.000000390. The lowest BCUT2D eigenvalue weighted by Crippen LogP contribution is -2.73. The molecule has 4 atom stereocenters. The normalized spacial score (nSPS) is 24.6. The van der Waals surface area contributed by atoms with E-state index in [2.05, 4.69) is 42.8 Å². The minimum absolute atomic E-state index is 0.00633. The number of hydroxylamine groups is 2. The van der Waals surface area contributed by atoms with Crippen LogP contribution in [0.15, 0.2) is 0 Å². The van der Waals surface area contributed by atoms with Gasteiger partial charge in [-0.1, -0.05) is 87.0 Å². The van der Waals surface area contributed by atoms with E-state index in [0.29, 0.717) is 23.8 Å². The molecular weight excluding hydrogens is 717 g/mol. The number of nitrogens with zero attached hydrogens (tertiary/aromatic N) is 4. The van der Waals surface area contributed by atoms with Crippen molar-refractivity contribution in [3.63, 3.8) is 0 Å². The van der Waals surface area contributed by atoms with Crippen molar-refractivity contribution in [2.45, 2.75) is 162 Å². The van der Waals surface area contributed by atoms with Gasteiger partial charge in [-0.2, -0.15) is 13.5 Å². The SMILES string of the molecule is CC(C)(C)[C@]1(C(=O)NNC(=O)[C@@H]2CC[C@@H]3CN2C(=O)N3OS(=O)(=O)O)C[C@H](CC2CC2)CCN1C(=O)[O-].CCCC[N+](CCCC)(CCCC)CCCC. The van der Waals surface area contributed by atoms with E-state index in [0.717, 1.165) is 29.1 Å². The van der Waals surface area contributed by atoms with Crippen molar-refractivity contribution >= 4 is 34.3 Å². The molecule has 15 nitrogen and oxygen atoms in total. The fourth-order valence-corrected chi connectivity index (χ4v) is 9.12. The van der Waals surface area contributed by atoms with Crippen molar-refractivity contribution in [2.24, 2.45) is 17.3 Å². The van der Waals surface area contributed by atoms with E-state index < -0.39 is 57.4 Å². The molecule has 0 radical (unpaired) electrons. The van der Waals surface area contributed by atoms with Gasteiger partial charge in [-0.05, 0) is 75.0 Å². The predicted octanol–water partition coefficient (Wildman–Crippen LogP) is 4.78. The minimum Gasteiger partial charge on any atom is -0.530 e. The molecule has 2 bridgehead atoms. The summed E-state index contributed by atoms with van der Waals surface area (Å²) in [7, 11) is -4.93. The maximum absolute atomic E-state index is 13.7. The van der Waals surface area contributed by atoms with Gasteiger partial charge in [-0.15, -0.1) is 4.28 Å². The van der Waals surface area contributed by atoms with Gasteiger partial charge >= 0.3 is 16.4 Å². The average molecular weight is 787 g/mol. The summed E-state index contributed by atoms with van der Waals surface area (Å²) in [6.07, 6.45) is 14.1. The van der Waals surface area contributed by atoms with Crippen LogP contribution in [0, 0.1) is 17.3 Å². The van der Waals surface area contributed by atoms with Crippen LogP contribution in [-0.2, 0) is 24.3 Å². The van der Waals surface area contributed by atoms with Crippen LogP contribution >= 0.6 is 0 Å². The van der Waals surface area contributed by atoms with Gasteiger partial charge in [0.15, 0.2) is 0 Å². The summed E-state index contributed by atoms with van der Waals surface area (Å²) >= 11 is 0. The van der Waals surface area contributed by atoms with E-state index in [-0.39, 0.29) is 31.8 Å². The number of carboxylic acid groups (broad SMARTS) is 1. The molecule has 16 heteroatoms. The van der Waals surface area contributed by atoms with Crippen LogP contribution in [0.3, 0.4) is 0 Å². The number of likely N-dealkylation sites (tertiary alicyclic amines) is 1.